The Hall–Kier alpha value is -1.70. The average molecular weight is 202 g/mol. The highest BCUT2D eigenvalue weighted by molar-refractivity contribution is 5.90. The first-order chi connectivity index (χ1) is 7.09. The third kappa shape index (κ3) is 1.63. The summed E-state index contributed by atoms with van der Waals surface area (Å²) in [7, 11) is 0. The molecule has 0 heterocycles. The van der Waals surface area contributed by atoms with Crippen molar-refractivity contribution in [1.29, 1.82) is 0 Å². The summed E-state index contributed by atoms with van der Waals surface area (Å²) in [6.45, 7) is 4.03. The van der Waals surface area contributed by atoms with E-state index < -0.39 is 0 Å². The molecule has 0 saturated carbocycles. The summed E-state index contributed by atoms with van der Waals surface area (Å²) in [5.41, 5.74) is 0.865. The Morgan fingerprint density at radius 3 is 2.40 bits per heavy atom. The highest BCUT2D eigenvalue weighted by Gasteiger charge is 2.09. The van der Waals surface area contributed by atoms with E-state index in [0.717, 1.165) is 16.3 Å². The van der Waals surface area contributed by atoms with Gasteiger partial charge in [0.25, 0.3) is 0 Å². The molecule has 0 saturated heterocycles. The van der Waals surface area contributed by atoms with Crippen molar-refractivity contribution in [3.63, 3.8) is 0 Å². The molecular weight excluding hydrogens is 188 g/mol. The highest BCUT2D eigenvalue weighted by Crippen LogP contribution is 2.33. The number of hydrogen-bond donors (Lipinski definition) is 2. The lowest BCUT2D eigenvalue weighted by molar-refractivity contribution is 0.465. The van der Waals surface area contributed by atoms with E-state index in [1.54, 1.807) is 18.2 Å². The number of fused-ring (bicyclic) bond motifs is 1. The van der Waals surface area contributed by atoms with Crippen molar-refractivity contribution in [2.45, 2.75) is 19.8 Å². The summed E-state index contributed by atoms with van der Waals surface area (Å²) in [6.07, 6.45) is 0. The van der Waals surface area contributed by atoms with Gasteiger partial charge in [-0.1, -0.05) is 26.0 Å². The molecule has 78 valence electrons. The van der Waals surface area contributed by atoms with E-state index >= 15 is 0 Å². The quantitative estimate of drug-likeness (QED) is 0.744. The molecule has 2 aromatic rings. The normalized spacial score (nSPS) is 11.1. The first kappa shape index (κ1) is 9.84. The number of benzene rings is 2. The van der Waals surface area contributed by atoms with E-state index in [4.69, 9.17) is 0 Å². The third-order valence-electron chi connectivity index (χ3n) is 2.63. The number of hydrogen-bond acceptors (Lipinski definition) is 2. The number of phenolic OH excluding ortho intramolecular Hbond substituents is 2. The second-order valence-corrected chi connectivity index (χ2v) is 4.06. The SMILES string of the molecule is CC(C)c1cc2c(O)cccc2cc1O. The lowest BCUT2D eigenvalue weighted by Gasteiger charge is -2.10. The van der Waals surface area contributed by atoms with Crippen LogP contribution in [-0.4, -0.2) is 10.2 Å². The zero-order valence-corrected chi connectivity index (χ0v) is 8.86. The van der Waals surface area contributed by atoms with Crippen LogP contribution in [0.1, 0.15) is 25.3 Å². The fraction of sp³-hybridized carbons (Fsp3) is 0.231. The van der Waals surface area contributed by atoms with Gasteiger partial charge in [0.15, 0.2) is 0 Å². The highest BCUT2D eigenvalue weighted by atomic mass is 16.3. The number of phenols is 2. The van der Waals surface area contributed by atoms with Crippen molar-refractivity contribution >= 4 is 10.8 Å². The number of rotatable bonds is 1. The molecule has 15 heavy (non-hydrogen) atoms. The van der Waals surface area contributed by atoms with Gasteiger partial charge in [-0.05, 0) is 35.1 Å². The topological polar surface area (TPSA) is 40.5 Å². The molecule has 2 N–H and O–H groups in total. The Labute approximate surface area is 88.8 Å². The van der Waals surface area contributed by atoms with E-state index in [0.29, 0.717) is 5.75 Å². The van der Waals surface area contributed by atoms with Crippen LogP contribution in [0.25, 0.3) is 10.8 Å². The molecule has 0 fully saturated rings. The molecule has 0 aromatic heterocycles. The molecule has 0 atom stereocenters. The first-order valence-electron chi connectivity index (χ1n) is 5.04. The van der Waals surface area contributed by atoms with Gasteiger partial charge in [-0.2, -0.15) is 0 Å². The summed E-state index contributed by atoms with van der Waals surface area (Å²) in [6, 6.07) is 8.85. The zero-order valence-electron chi connectivity index (χ0n) is 8.86. The molecule has 2 aromatic carbocycles. The maximum Gasteiger partial charge on any atom is 0.123 e. The molecule has 0 radical (unpaired) electrons. The molecule has 0 aliphatic rings. The van der Waals surface area contributed by atoms with Gasteiger partial charge in [-0.25, -0.2) is 0 Å². The van der Waals surface area contributed by atoms with Crippen LogP contribution in [0.5, 0.6) is 11.5 Å². The van der Waals surface area contributed by atoms with E-state index in [2.05, 4.69) is 0 Å². The van der Waals surface area contributed by atoms with E-state index in [-0.39, 0.29) is 11.7 Å². The molecule has 0 amide bonds. The maximum absolute atomic E-state index is 9.79. The summed E-state index contributed by atoms with van der Waals surface area (Å²) in [4.78, 5) is 0. The minimum absolute atomic E-state index is 0.244. The second-order valence-electron chi connectivity index (χ2n) is 4.06. The fourth-order valence-corrected chi connectivity index (χ4v) is 1.78. The maximum atomic E-state index is 9.79. The molecule has 0 bridgehead atoms. The Morgan fingerprint density at radius 1 is 1.00 bits per heavy atom. The van der Waals surface area contributed by atoms with Crippen molar-refractivity contribution in [2.24, 2.45) is 0 Å². The van der Waals surface area contributed by atoms with E-state index in [9.17, 15) is 10.2 Å². The predicted octanol–water partition coefficient (Wildman–Crippen LogP) is 3.37. The van der Waals surface area contributed by atoms with Gasteiger partial charge >= 0.3 is 0 Å². The smallest absolute Gasteiger partial charge is 0.123 e. The second kappa shape index (κ2) is 3.46. The summed E-state index contributed by atoms with van der Waals surface area (Å²) >= 11 is 0. The van der Waals surface area contributed by atoms with Crippen LogP contribution >= 0.6 is 0 Å². The van der Waals surface area contributed by atoms with Crippen LogP contribution in [0.2, 0.25) is 0 Å². The van der Waals surface area contributed by atoms with Crippen molar-refractivity contribution in [3.05, 3.63) is 35.9 Å². The lowest BCUT2D eigenvalue weighted by atomic mass is 9.98. The Morgan fingerprint density at radius 2 is 1.73 bits per heavy atom. The lowest BCUT2D eigenvalue weighted by Crippen LogP contribution is -1.88. The molecular formula is C13H14O2. The van der Waals surface area contributed by atoms with E-state index in [1.165, 1.54) is 0 Å². The van der Waals surface area contributed by atoms with Gasteiger partial charge < -0.3 is 10.2 Å². The summed E-state index contributed by atoms with van der Waals surface area (Å²) in [5, 5.41) is 21.1. The number of aromatic hydroxyl groups is 2. The van der Waals surface area contributed by atoms with Gasteiger partial charge in [0.1, 0.15) is 11.5 Å². The van der Waals surface area contributed by atoms with Gasteiger partial charge in [0.2, 0.25) is 0 Å². The van der Waals surface area contributed by atoms with Crippen LogP contribution in [-0.2, 0) is 0 Å². The average Bonchev–Trinajstić information content (AvgIpc) is 2.16. The van der Waals surface area contributed by atoms with Crippen molar-refractivity contribution in [2.75, 3.05) is 0 Å². The predicted molar refractivity (Wildman–Crippen MR) is 61.4 cm³/mol. The largest absolute Gasteiger partial charge is 0.508 e. The minimum Gasteiger partial charge on any atom is -0.508 e. The van der Waals surface area contributed by atoms with Gasteiger partial charge in [-0.15, -0.1) is 0 Å². The van der Waals surface area contributed by atoms with E-state index in [1.807, 2.05) is 26.0 Å². The summed E-state index contributed by atoms with van der Waals surface area (Å²) in [5.74, 6) is 0.798. The van der Waals surface area contributed by atoms with Crippen LogP contribution in [0, 0.1) is 0 Å². The Balaban J connectivity index is 2.78. The van der Waals surface area contributed by atoms with Crippen LogP contribution < -0.4 is 0 Å². The van der Waals surface area contributed by atoms with Crippen molar-refractivity contribution in [3.8, 4) is 11.5 Å². The standard InChI is InChI=1S/C13H14O2/c1-8(2)10-7-11-9(6-13(10)15)4-3-5-12(11)14/h3-8,14-15H,1-2H3. The van der Waals surface area contributed by atoms with Crippen molar-refractivity contribution in [1.82, 2.24) is 0 Å². The molecule has 0 aliphatic carbocycles. The first-order valence-corrected chi connectivity index (χ1v) is 5.04. The monoisotopic (exact) mass is 202 g/mol. The summed E-state index contributed by atoms with van der Waals surface area (Å²) < 4.78 is 0. The molecule has 0 unspecified atom stereocenters. The Kier molecular flexibility index (Phi) is 2.27. The van der Waals surface area contributed by atoms with Gasteiger partial charge in [-0.3, -0.25) is 0 Å². The van der Waals surface area contributed by atoms with Crippen LogP contribution in [0.3, 0.4) is 0 Å². The Bertz CT molecular complexity index is 501. The molecule has 2 rings (SSSR count). The van der Waals surface area contributed by atoms with Crippen LogP contribution in [0.4, 0.5) is 0 Å². The molecule has 0 spiro atoms. The fourth-order valence-electron chi connectivity index (χ4n) is 1.78. The van der Waals surface area contributed by atoms with Crippen molar-refractivity contribution < 1.29 is 10.2 Å². The molecule has 0 aliphatic heterocycles. The minimum atomic E-state index is 0.244. The third-order valence-corrected chi connectivity index (χ3v) is 2.63. The zero-order chi connectivity index (χ0) is 11.0. The van der Waals surface area contributed by atoms with Crippen LogP contribution in [0.15, 0.2) is 30.3 Å². The van der Waals surface area contributed by atoms with Gasteiger partial charge in [0, 0.05) is 5.39 Å². The molecule has 2 nitrogen and oxygen atoms in total. The molecule has 2 heteroatoms. The van der Waals surface area contributed by atoms with Gasteiger partial charge in [0.05, 0.1) is 0 Å².